The predicted molar refractivity (Wildman–Crippen MR) is 101 cm³/mol. The van der Waals surface area contributed by atoms with Gasteiger partial charge in [-0.2, -0.15) is 0 Å². The van der Waals surface area contributed by atoms with Crippen molar-refractivity contribution in [2.45, 2.75) is 58.1 Å². The molecule has 1 aromatic rings. The highest BCUT2D eigenvalue weighted by molar-refractivity contribution is 5.80. The molecule has 1 fully saturated rings. The van der Waals surface area contributed by atoms with E-state index in [0.29, 0.717) is 25.9 Å². The van der Waals surface area contributed by atoms with E-state index in [9.17, 15) is 9.59 Å². The van der Waals surface area contributed by atoms with Crippen LogP contribution in [0.3, 0.4) is 0 Å². The van der Waals surface area contributed by atoms with Gasteiger partial charge in [-0.05, 0) is 57.6 Å². The van der Waals surface area contributed by atoms with Gasteiger partial charge in [0.1, 0.15) is 5.60 Å². The molecular formula is C21H30N2O3. The minimum absolute atomic E-state index is 0.00792. The SMILES string of the molecule is CN(C(=O)C1CCN(C(=O)OC(C)(C)C)CC1)C1CCc2ccccc21. The molecule has 5 nitrogen and oxygen atoms in total. The van der Waals surface area contributed by atoms with Crippen LogP contribution in [0.25, 0.3) is 0 Å². The van der Waals surface area contributed by atoms with Crippen molar-refractivity contribution in [3.8, 4) is 0 Å². The van der Waals surface area contributed by atoms with Crippen LogP contribution >= 0.6 is 0 Å². The number of amides is 2. The largest absolute Gasteiger partial charge is 0.444 e. The van der Waals surface area contributed by atoms with Crippen LogP contribution in [0.4, 0.5) is 4.79 Å². The lowest BCUT2D eigenvalue weighted by Gasteiger charge is -2.35. The third-order valence-corrected chi connectivity index (χ3v) is 5.41. The van der Waals surface area contributed by atoms with Crippen molar-refractivity contribution >= 4 is 12.0 Å². The molecule has 26 heavy (non-hydrogen) atoms. The minimum Gasteiger partial charge on any atom is -0.444 e. The van der Waals surface area contributed by atoms with Crippen molar-refractivity contribution in [2.75, 3.05) is 20.1 Å². The number of ether oxygens (including phenoxy) is 1. The van der Waals surface area contributed by atoms with Crippen LogP contribution < -0.4 is 0 Å². The summed E-state index contributed by atoms with van der Waals surface area (Å²) in [5.74, 6) is 0.196. The first kappa shape index (κ1) is 18.7. The number of hydrogen-bond donors (Lipinski definition) is 0. The number of carbonyl (C=O) groups is 2. The molecule has 1 aliphatic heterocycles. The number of fused-ring (bicyclic) bond motifs is 1. The number of rotatable bonds is 2. The summed E-state index contributed by atoms with van der Waals surface area (Å²) in [6.07, 6.45) is 3.17. The molecule has 0 radical (unpaired) electrons. The van der Waals surface area contributed by atoms with Crippen LogP contribution in [-0.4, -0.2) is 47.5 Å². The summed E-state index contributed by atoms with van der Waals surface area (Å²) in [7, 11) is 1.93. The van der Waals surface area contributed by atoms with E-state index in [1.54, 1.807) is 4.90 Å². The van der Waals surface area contributed by atoms with Crippen molar-refractivity contribution in [2.24, 2.45) is 5.92 Å². The molecule has 1 saturated heterocycles. The third kappa shape index (κ3) is 4.02. The van der Waals surface area contributed by atoms with Gasteiger partial charge < -0.3 is 14.5 Å². The first-order chi connectivity index (χ1) is 12.3. The molecule has 0 bridgehead atoms. The number of aryl methyl sites for hydroxylation is 1. The number of likely N-dealkylation sites (tertiary alicyclic amines) is 1. The lowest BCUT2D eigenvalue weighted by molar-refractivity contribution is -0.138. The molecule has 1 aromatic carbocycles. The zero-order chi connectivity index (χ0) is 18.9. The molecule has 3 rings (SSSR count). The molecule has 1 aliphatic carbocycles. The van der Waals surface area contributed by atoms with Gasteiger partial charge in [-0.3, -0.25) is 4.79 Å². The molecule has 142 valence electrons. The van der Waals surface area contributed by atoms with Crippen LogP contribution in [-0.2, 0) is 16.0 Å². The number of piperidine rings is 1. The summed E-state index contributed by atoms with van der Waals surface area (Å²) in [6.45, 7) is 6.78. The van der Waals surface area contributed by atoms with Gasteiger partial charge in [0.25, 0.3) is 0 Å². The number of nitrogens with zero attached hydrogens (tertiary/aromatic N) is 2. The molecular weight excluding hydrogens is 328 g/mol. The summed E-state index contributed by atoms with van der Waals surface area (Å²) in [5.41, 5.74) is 2.16. The Morgan fingerprint density at radius 2 is 1.77 bits per heavy atom. The van der Waals surface area contributed by atoms with Gasteiger partial charge in [-0.15, -0.1) is 0 Å². The van der Waals surface area contributed by atoms with Gasteiger partial charge in [-0.1, -0.05) is 24.3 Å². The minimum atomic E-state index is -0.486. The fourth-order valence-electron chi connectivity index (χ4n) is 4.01. The van der Waals surface area contributed by atoms with Crippen LogP contribution in [0.2, 0.25) is 0 Å². The number of carbonyl (C=O) groups excluding carboxylic acids is 2. The number of hydrogen-bond acceptors (Lipinski definition) is 3. The van der Waals surface area contributed by atoms with Crippen molar-refractivity contribution in [3.63, 3.8) is 0 Å². The summed E-state index contributed by atoms with van der Waals surface area (Å²) < 4.78 is 5.43. The van der Waals surface area contributed by atoms with Crippen LogP contribution in [0.15, 0.2) is 24.3 Å². The summed E-state index contributed by atoms with van der Waals surface area (Å²) in [5, 5.41) is 0. The average Bonchev–Trinajstić information content (AvgIpc) is 3.03. The quantitative estimate of drug-likeness (QED) is 0.808. The molecule has 0 aromatic heterocycles. The molecule has 1 atom stereocenters. The number of benzene rings is 1. The third-order valence-electron chi connectivity index (χ3n) is 5.41. The molecule has 0 spiro atoms. The van der Waals surface area contributed by atoms with Gasteiger partial charge in [0, 0.05) is 26.1 Å². The van der Waals surface area contributed by atoms with E-state index in [-0.39, 0.29) is 24.0 Å². The highest BCUT2D eigenvalue weighted by Gasteiger charge is 2.35. The molecule has 5 heteroatoms. The van der Waals surface area contributed by atoms with Gasteiger partial charge in [0.15, 0.2) is 0 Å². The van der Waals surface area contributed by atoms with Gasteiger partial charge in [0.05, 0.1) is 6.04 Å². The van der Waals surface area contributed by atoms with E-state index in [2.05, 4.69) is 24.3 Å². The smallest absolute Gasteiger partial charge is 0.410 e. The van der Waals surface area contributed by atoms with Crippen molar-refractivity contribution in [1.29, 1.82) is 0 Å². The van der Waals surface area contributed by atoms with Crippen molar-refractivity contribution in [3.05, 3.63) is 35.4 Å². The second kappa shape index (κ2) is 7.29. The molecule has 2 amide bonds. The normalized spacial score (nSPS) is 20.6. The van der Waals surface area contributed by atoms with E-state index in [4.69, 9.17) is 4.74 Å². The van der Waals surface area contributed by atoms with E-state index < -0.39 is 5.60 Å². The Labute approximate surface area is 156 Å². The lowest BCUT2D eigenvalue weighted by atomic mass is 9.94. The predicted octanol–water partition coefficient (Wildman–Crippen LogP) is 3.78. The van der Waals surface area contributed by atoms with Gasteiger partial charge >= 0.3 is 6.09 Å². The molecule has 1 unspecified atom stereocenters. The van der Waals surface area contributed by atoms with Crippen LogP contribution in [0.1, 0.15) is 57.2 Å². The van der Waals surface area contributed by atoms with E-state index in [0.717, 1.165) is 12.8 Å². The van der Waals surface area contributed by atoms with Crippen LogP contribution in [0.5, 0.6) is 0 Å². The van der Waals surface area contributed by atoms with E-state index >= 15 is 0 Å². The first-order valence-electron chi connectivity index (χ1n) is 9.58. The summed E-state index contributed by atoms with van der Waals surface area (Å²) in [6, 6.07) is 8.60. The monoisotopic (exact) mass is 358 g/mol. The van der Waals surface area contributed by atoms with E-state index in [1.807, 2.05) is 32.7 Å². The Morgan fingerprint density at radius 3 is 2.42 bits per heavy atom. The Morgan fingerprint density at radius 1 is 1.12 bits per heavy atom. The standard InChI is InChI=1S/C21H30N2O3/c1-21(2,3)26-20(25)23-13-11-16(12-14-23)19(24)22(4)18-10-9-15-7-5-6-8-17(15)18/h5-8,16,18H,9-14H2,1-4H3. The molecule has 0 saturated carbocycles. The second-order valence-corrected chi connectivity index (χ2v) is 8.44. The highest BCUT2D eigenvalue weighted by atomic mass is 16.6. The van der Waals surface area contributed by atoms with Gasteiger partial charge in [-0.25, -0.2) is 4.79 Å². The Balaban J connectivity index is 1.56. The highest BCUT2D eigenvalue weighted by Crippen LogP contribution is 2.36. The van der Waals surface area contributed by atoms with Gasteiger partial charge in [0.2, 0.25) is 5.91 Å². The van der Waals surface area contributed by atoms with Crippen molar-refractivity contribution in [1.82, 2.24) is 9.80 Å². The maximum atomic E-state index is 13.0. The zero-order valence-corrected chi connectivity index (χ0v) is 16.3. The first-order valence-corrected chi connectivity index (χ1v) is 9.58. The maximum Gasteiger partial charge on any atom is 0.410 e. The average molecular weight is 358 g/mol. The molecule has 2 aliphatic rings. The topological polar surface area (TPSA) is 49.9 Å². The Bertz CT molecular complexity index is 672. The fourth-order valence-corrected chi connectivity index (χ4v) is 4.01. The molecule has 1 heterocycles. The maximum absolute atomic E-state index is 13.0. The second-order valence-electron chi connectivity index (χ2n) is 8.44. The van der Waals surface area contributed by atoms with Crippen LogP contribution in [0, 0.1) is 5.92 Å². The zero-order valence-electron chi connectivity index (χ0n) is 16.3. The van der Waals surface area contributed by atoms with E-state index in [1.165, 1.54) is 11.1 Å². The van der Waals surface area contributed by atoms with Crippen molar-refractivity contribution < 1.29 is 14.3 Å². The summed E-state index contributed by atoms with van der Waals surface area (Å²) in [4.78, 5) is 28.8. The Kier molecular flexibility index (Phi) is 5.26. The lowest BCUT2D eigenvalue weighted by Crippen LogP contribution is -2.45. The fraction of sp³-hybridized carbons (Fsp3) is 0.619. The Hall–Kier alpha value is -2.04. The summed E-state index contributed by atoms with van der Waals surface area (Å²) >= 11 is 0. The molecule has 0 N–H and O–H groups in total.